The third-order valence-corrected chi connectivity index (χ3v) is 2.83. The molecule has 0 aliphatic carbocycles. The Morgan fingerprint density at radius 1 is 1.24 bits per heavy atom. The first-order valence-electron chi connectivity index (χ1n) is 6.27. The summed E-state index contributed by atoms with van der Waals surface area (Å²) in [7, 11) is 1.31. The van der Waals surface area contributed by atoms with Crippen LogP contribution in [0.15, 0.2) is 42.6 Å². The van der Waals surface area contributed by atoms with Crippen LogP contribution < -0.4 is 5.32 Å². The first kappa shape index (κ1) is 14.9. The monoisotopic (exact) mass is 292 g/mol. The Hall–Kier alpha value is -2.50. The van der Waals surface area contributed by atoms with E-state index in [9.17, 15) is 13.6 Å². The lowest BCUT2D eigenvalue weighted by Crippen LogP contribution is -2.09. The van der Waals surface area contributed by atoms with Crippen molar-refractivity contribution in [3.63, 3.8) is 0 Å². The molecule has 0 unspecified atom stereocenters. The van der Waals surface area contributed by atoms with Gasteiger partial charge in [-0.1, -0.05) is 12.1 Å². The molecule has 4 nitrogen and oxygen atoms in total. The summed E-state index contributed by atoms with van der Waals surface area (Å²) in [4.78, 5) is 15.5. The molecule has 110 valence electrons. The maximum atomic E-state index is 12.1. The fourth-order valence-corrected chi connectivity index (χ4v) is 1.76. The van der Waals surface area contributed by atoms with Gasteiger partial charge in [-0.2, -0.15) is 0 Å². The number of carbonyl (C=O) groups excluding carboxylic acids is 1. The second-order valence-electron chi connectivity index (χ2n) is 4.27. The molecule has 1 N–H and O–H groups in total. The molecule has 0 saturated heterocycles. The highest BCUT2D eigenvalue weighted by atomic mass is 19.3. The topological polar surface area (TPSA) is 51.2 Å². The standard InChI is InChI=1S/C15H14F2N2O2/c1-21-15(20)11-4-7-13(19-8-11)10-2-5-12(6-3-10)18-9-14(16)17/h2-8,14,18H,9H2,1H3. The third-order valence-electron chi connectivity index (χ3n) is 2.83. The number of anilines is 1. The minimum absolute atomic E-state index is 0.372. The van der Waals surface area contributed by atoms with E-state index in [4.69, 9.17) is 0 Å². The lowest BCUT2D eigenvalue weighted by molar-refractivity contribution is 0.0600. The number of aromatic nitrogens is 1. The van der Waals surface area contributed by atoms with Gasteiger partial charge in [0.1, 0.15) is 0 Å². The highest BCUT2D eigenvalue weighted by molar-refractivity contribution is 5.89. The number of ether oxygens (including phenoxy) is 1. The Morgan fingerprint density at radius 3 is 2.48 bits per heavy atom. The fourth-order valence-electron chi connectivity index (χ4n) is 1.76. The average Bonchev–Trinajstić information content (AvgIpc) is 2.53. The first-order valence-corrected chi connectivity index (χ1v) is 6.27. The van der Waals surface area contributed by atoms with Gasteiger partial charge in [-0.15, -0.1) is 0 Å². The van der Waals surface area contributed by atoms with Gasteiger partial charge in [-0.05, 0) is 24.3 Å². The Morgan fingerprint density at radius 2 is 1.95 bits per heavy atom. The lowest BCUT2D eigenvalue weighted by Gasteiger charge is -2.07. The normalized spacial score (nSPS) is 10.5. The van der Waals surface area contributed by atoms with Crippen LogP contribution >= 0.6 is 0 Å². The van der Waals surface area contributed by atoms with Crippen LogP contribution in [0.2, 0.25) is 0 Å². The fraction of sp³-hybridized carbons (Fsp3) is 0.200. The minimum Gasteiger partial charge on any atom is -0.465 e. The molecular formula is C15H14F2N2O2. The summed E-state index contributed by atoms with van der Waals surface area (Å²) in [5.41, 5.74) is 2.50. The summed E-state index contributed by atoms with van der Waals surface area (Å²) in [5.74, 6) is -0.444. The molecule has 1 aromatic heterocycles. The maximum Gasteiger partial charge on any atom is 0.339 e. The van der Waals surface area contributed by atoms with Gasteiger partial charge in [0.25, 0.3) is 6.43 Å². The van der Waals surface area contributed by atoms with Gasteiger partial charge in [0.15, 0.2) is 0 Å². The highest BCUT2D eigenvalue weighted by Gasteiger charge is 2.07. The molecule has 0 atom stereocenters. The summed E-state index contributed by atoms with van der Waals surface area (Å²) in [6.45, 7) is -0.384. The zero-order valence-electron chi connectivity index (χ0n) is 11.3. The predicted molar refractivity (Wildman–Crippen MR) is 75.5 cm³/mol. The van der Waals surface area contributed by atoms with Crippen molar-refractivity contribution < 1.29 is 18.3 Å². The van der Waals surface area contributed by atoms with Crippen LogP contribution in [-0.4, -0.2) is 31.0 Å². The van der Waals surface area contributed by atoms with E-state index >= 15 is 0 Å². The van der Waals surface area contributed by atoms with E-state index in [2.05, 4.69) is 15.0 Å². The van der Waals surface area contributed by atoms with Gasteiger partial charge in [0.05, 0.1) is 24.9 Å². The quantitative estimate of drug-likeness (QED) is 0.860. The van der Waals surface area contributed by atoms with Crippen LogP contribution in [0.5, 0.6) is 0 Å². The Balaban J connectivity index is 2.09. The number of nitrogens with one attached hydrogen (secondary N) is 1. The number of carbonyl (C=O) groups is 1. The summed E-state index contributed by atoms with van der Waals surface area (Å²) in [6.07, 6.45) is -0.957. The van der Waals surface area contributed by atoms with Crippen molar-refractivity contribution >= 4 is 11.7 Å². The van der Waals surface area contributed by atoms with Crippen LogP contribution in [-0.2, 0) is 4.74 Å². The van der Waals surface area contributed by atoms with Gasteiger partial charge in [0.2, 0.25) is 0 Å². The van der Waals surface area contributed by atoms with Gasteiger partial charge in [-0.3, -0.25) is 4.98 Å². The number of pyridine rings is 1. The molecular weight excluding hydrogens is 278 g/mol. The molecule has 0 amide bonds. The van der Waals surface area contributed by atoms with E-state index in [1.807, 2.05) is 0 Å². The molecule has 2 rings (SSSR count). The Labute approximate surface area is 120 Å². The SMILES string of the molecule is COC(=O)c1ccc(-c2ccc(NCC(F)F)cc2)nc1. The number of halogens is 2. The summed E-state index contributed by atoms with van der Waals surface area (Å²) in [6, 6.07) is 10.3. The van der Waals surface area contributed by atoms with E-state index in [0.717, 1.165) is 5.56 Å². The first-order chi connectivity index (χ1) is 10.1. The van der Waals surface area contributed by atoms with E-state index in [1.165, 1.54) is 13.3 Å². The van der Waals surface area contributed by atoms with Crippen molar-refractivity contribution in [1.82, 2.24) is 4.98 Å². The number of hydrogen-bond donors (Lipinski definition) is 1. The molecule has 0 aliphatic rings. The lowest BCUT2D eigenvalue weighted by atomic mass is 10.1. The van der Waals surface area contributed by atoms with E-state index in [-0.39, 0.29) is 6.54 Å². The number of hydrogen-bond acceptors (Lipinski definition) is 4. The molecule has 0 aliphatic heterocycles. The number of alkyl halides is 2. The molecule has 1 aromatic carbocycles. The zero-order chi connectivity index (χ0) is 15.2. The minimum atomic E-state index is -2.39. The Bertz CT molecular complexity index is 598. The highest BCUT2D eigenvalue weighted by Crippen LogP contribution is 2.20. The van der Waals surface area contributed by atoms with Crippen LogP contribution in [0, 0.1) is 0 Å². The van der Waals surface area contributed by atoms with Crippen molar-refractivity contribution in [1.29, 1.82) is 0 Å². The summed E-state index contributed by atoms with van der Waals surface area (Å²) >= 11 is 0. The summed E-state index contributed by atoms with van der Waals surface area (Å²) < 4.78 is 28.8. The third kappa shape index (κ3) is 3.98. The van der Waals surface area contributed by atoms with Crippen molar-refractivity contribution in [3.8, 4) is 11.3 Å². The predicted octanol–water partition coefficient (Wildman–Crippen LogP) is 3.21. The van der Waals surface area contributed by atoms with E-state index < -0.39 is 12.4 Å². The van der Waals surface area contributed by atoms with Crippen molar-refractivity contribution in [2.24, 2.45) is 0 Å². The molecule has 21 heavy (non-hydrogen) atoms. The molecule has 0 radical (unpaired) electrons. The largest absolute Gasteiger partial charge is 0.465 e. The van der Waals surface area contributed by atoms with Crippen LogP contribution in [0.1, 0.15) is 10.4 Å². The smallest absolute Gasteiger partial charge is 0.339 e. The van der Waals surface area contributed by atoms with E-state index in [0.29, 0.717) is 16.9 Å². The van der Waals surface area contributed by atoms with Gasteiger partial charge >= 0.3 is 5.97 Å². The summed E-state index contributed by atoms with van der Waals surface area (Å²) in [5, 5.41) is 2.62. The van der Waals surface area contributed by atoms with Gasteiger partial charge in [0, 0.05) is 17.4 Å². The van der Waals surface area contributed by atoms with Crippen LogP contribution in [0.4, 0.5) is 14.5 Å². The molecule has 2 aromatic rings. The van der Waals surface area contributed by atoms with Crippen molar-refractivity contribution in [2.45, 2.75) is 6.43 Å². The molecule has 0 spiro atoms. The Kier molecular flexibility index (Phi) is 4.81. The van der Waals surface area contributed by atoms with Gasteiger partial charge in [-0.25, -0.2) is 13.6 Å². The van der Waals surface area contributed by atoms with Gasteiger partial charge < -0.3 is 10.1 Å². The average molecular weight is 292 g/mol. The molecule has 0 fully saturated rings. The van der Waals surface area contributed by atoms with Crippen LogP contribution in [0.3, 0.4) is 0 Å². The number of rotatable bonds is 5. The molecule has 6 heteroatoms. The second-order valence-corrected chi connectivity index (χ2v) is 4.27. The zero-order valence-corrected chi connectivity index (χ0v) is 11.3. The second kappa shape index (κ2) is 6.78. The molecule has 0 bridgehead atoms. The number of esters is 1. The van der Waals surface area contributed by atoms with E-state index in [1.54, 1.807) is 36.4 Å². The maximum absolute atomic E-state index is 12.1. The number of nitrogens with zero attached hydrogens (tertiary/aromatic N) is 1. The van der Waals surface area contributed by atoms with Crippen molar-refractivity contribution in [3.05, 3.63) is 48.2 Å². The molecule has 1 heterocycles. The molecule has 0 saturated carbocycles. The number of methoxy groups -OCH3 is 1. The number of benzene rings is 1. The van der Waals surface area contributed by atoms with Crippen molar-refractivity contribution in [2.75, 3.05) is 19.0 Å². The van der Waals surface area contributed by atoms with Crippen LogP contribution in [0.25, 0.3) is 11.3 Å².